The van der Waals surface area contributed by atoms with Crippen molar-refractivity contribution in [2.45, 2.75) is 31.8 Å². The van der Waals surface area contributed by atoms with Crippen molar-refractivity contribution >= 4 is 5.91 Å². The fourth-order valence-corrected chi connectivity index (χ4v) is 1.53. The first-order chi connectivity index (χ1) is 8.15. The van der Waals surface area contributed by atoms with E-state index in [1.165, 1.54) is 0 Å². The smallest absolute Gasteiger partial charge is 0.258 e. The van der Waals surface area contributed by atoms with Gasteiger partial charge in [-0.1, -0.05) is 12.1 Å². The molecule has 3 N–H and O–H groups in total. The van der Waals surface area contributed by atoms with Crippen LogP contribution in [-0.2, 0) is 4.79 Å². The fourth-order valence-electron chi connectivity index (χ4n) is 1.53. The second kappa shape index (κ2) is 5.19. The van der Waals surface area contributed by atoms with E-state index >= 15 is 0 Å². The first-order valence-corrected chi connectivity index (χ1v) is 5.93. The molecule has 17 heavy (non-hydrogen) atoms. The second-order valence-electron chi connectivity index (χ2n) is 4.49. The number of rotatable bonds is 5. The van der Waals surface area contributed by atoms with Crippen molar-refractivity contribution in [3.05, 3.63) is 29.8 Å². The van der Waals surface area contributed by atoms with Crippen molar-refractivity contribution in [2.75, 3.05) is 6.61 Å². The van der Waals surface area contributed by atoms with E-state index in [1.54, 1.807) is 0 Å². The summed E-state index contributed by atoms with van der Waals surface area (Å²) in [6.45, 7) is 1.98. The number of nitrogens with one attached hydrogen (secondary N) is 1. The van der Waals surface area contributed by atoms with Gasteiger partial charge in [0.25, 0.3) is 5.91 Å². The van der Waals surface area contributed by atoms with Crippen LogP contribution in [0.5, 0.6) is 5.75 Å². The highest BCUT2D eigenvalue weighted by molar-refractivity contribution is 5.78. The molecule has 4 heteroatoms. The van der Waals surface area contributed by atoms with Crippen LogP contribution in [0.1, 0.15) is 31.4 Å². The maximum atomic E-state index is 11.4. The summed E-state index contributed by atoms with van der Waals surface area (Å²) in [6, 6.07) is 7.88. The van der Waals surface area contributed by atoms with E-state index in [4.69, 9.17) is 10.5 Å². The lowest BCUT2D eigenvalue weighted by Crippen LogP contribution is -2.30. The van der Waals surface area contributed by atoms with Gasteiger partial charge in [0.2, 0.25) is 0 Å². The Balaban J connectivity index is 1.84. The van der Waals surface area contributed by atoms with Gasteiger partial charge in [0, 0.05) is 12.1 Å². The quantitative estimate of drug-likeness (QED) is 0.808. The van der Waals surface area contributed by atoms with Crippen LogP contribution in [0.2, 0.25) is 0 Å². The minimum Gasteiger partial charge on any atom is -0.484 e. The van der Waals surface area contributed by atoms with Gasteiger partial charge < -0.3 is 15.8 Å². The minimum absolute atomic E-state index is 0.0289. The first kappa shape index (κ1) is 11.9. The lowest BCUT2D eigenvalue weighted by molar-refractivity contribution is -0.123. The zero-order chi connectivity index (χ0) is 12.3. The maximum Gasteiger partial charge on any atom is 0.258 e. The van der Waals surface area contributed by atoms with Crippen molar-refractivity contribution in [3.63, 3.8) is 0 Å². The van der Waals surface area contributed by atoms with Gasteiger partial charge in [0.15, 0.2) is 6.61 Å². The van der Waals surface area contributed by atoms with E-state index < -0.39 is 0 Å². The van der Waals surface area contributed by atoms with Gasteiger partial charge in [-0.05, 0) is 37.5 Å². The Labute approximate surface area is 101 Å². The Bertz CT molecular complexity index is 400. The molecule has 4 nitrogen and oxygen atoms in total. The molecule has 1 aliphatic rings. The average molecular weight is 234 g/mol. The van der Waals surface area contributed by atoms with Crippen LogP contribution in [0.15, 0.2) is 24.3 Å². The van der Waals surface area contributed by atoms with Crippen LogP contribution in [0.4, 0.5) is 0 Å². The number of amides is 1. The zero-order valence-electron chi connectivity index (χ0n) is 9.98. The van der Waals surface area contributed by atoms with E-state index in [9.17, 15) is 4.79 Å². The highest BCUT2D eigenvalue weighted by atomic mass is 16.5. The fraction of sp³-hybridized carbons (Fsp3) is 0.462. The molecule has 1 aromatic carbocycles. The minimum atomic E-state index is -0.0568. The van der Waals surface area contributed by atoms with E-state index in [0.29, 0.717) is 11.8 Å². The number of carbonyl (C=O) groups excluding carboxylic acids is 1. The van der Waals surface area contributed by atoms with Crippen molar-refractivity contribution in [1.82, 2.24) is 5.32 Å². The van der Waals surface area contributed by atoms with Crippen LogP contribution in [0, 0.1) is 0 Å². The molecule has 2 rings (SSSR count). The third kappa shape index (κ3) is 3.75. The Morgan fingerprint density at radius 3 is 3.00 bits per heavy atom. The van der Waals surface area contributed by atoms with Gasteiger partial charge in [0.05, 0.1) is 0 Å². The number of nitrogens with two attached hydrogens (primary N) is 1. The molecule has 0 unspecified atom stereocenters. The Morgan fingerprint density at radius 2 is 2.35 bits per heavy atom. The van der Waals surface area contributed by atoms with Crippen molar-refractivity contribution in [2.24, 2.45) is 5.73 Å². The van der Waals surface area contributed by atoms with E-state index in [1.807, 2.05) is 31.2 Å². The Hall–Kier alpha value is -1.55. The number of ether oxygens (including phenoxy) is 1. The van der Waals surface area contributed by atoms with Crippen LogP contribution in [-0.4, -0.2) is 18.6 Å². The standard InChI is InChI=1S/C13H18N2O2/c1-9(14)10-3-2-4-12(7-10)17-8-13(16)15-11-5-6-11/h2-4,7,9,11H,5-6,8,14H2,1H3,(H,15,16)/t9-/m1/s1. The molecule has 0 radical (unpaired) electrons. The van der Waals surface area contributed by atoms with Crippen LogP contribution in [0.3, 0.4) is 0 Å². The van der Waals surface area contributed by atoms with Gasteiger partial charge in [-0.2, -0.15) is 0 Å². The summed E-state index contributed by atoms with van der Waals surface area (Å²) in [5.41, 5.74) is 6.78. The lowest BCUT2D eigenvalue weighted by atomic mass is 10.1. The number of carbonyl (C=O) groups is 1. The number of hydrogen-bond acceptors (Lipinski definition) is 3. The number of hydrogen-bond donors (Lipinski definition) is 2. The maximum absolute atomic E-state index is 11.4. The third-order valence-electron chi connectivity index (χ3n) is 2.70. The van der Waals surface area contributed by atoms with Gasteiger partial charge >= 0.3 is 0 Å². The largest absolute Gasteiger partial charge is 0.484 e. The average Bonchev–Trinajstić information content (AvgIpc) is 3.11. The molecule has 1 atom stereocenters. The van der Waals surface area contributed by atoms with Gasteiger partial charge in [0.1, 0.15) is 5.75 Å². The zero-order valence-corrected chi connectivity index (χ0v) is 9.98. The van der Waals surface area contributed by atoms with E-state index in [-0.39, 0.29) is 18.6 Å². The molecule has 1 aliphatic carbocycles. The van der Waals surface area contributed by atoms with E-state index in [2.05, 4.69) is 5.32 Å². The summed E-state index contributed by atoms with van der Waals surface area (Å²) >= 11 is 0. The number of benzene rings is 1. The molecule has 0 heterocycles. The van der Waals surface area contributed by atoms with Gasteiger partial charge in [-0.3, -0.25) is 4.79 Å². The third-order valence-corrected chi connectivity index (χ3v) is 2.70. The summed E-state index contributed by atoms with van der Waals surface area (Å²) in [5.74, 6) is 0.629. The van der Waals surface area contributed by atoms with Crippen molar-refractivity contribution in [3.8, 4) is 5.75 Å². The van der Waals surface area contributed by atoms with Gasteiger partial charge in [-0.25, -0.2) is 0 Å². The molecule has 0 aromatic heterocycles. The van der Waals surface area contributed by atoms with Gasteiger partial charge in [-0.15, -0.1) is 0 Å². The molecule has 1 fully saturated rings. The summed E-state index contributed by atoms with van der Waals surface area (Å²) in [7, 11) is 0. The van der Waals surface area contributed by atoms with Crippen LogP contribution >= 0.6 is 0 Å². The summed E-state index contributed by atoms with van der Waals surface area (Å²) < 4.78 is 5.42. The molecule has 0 bridgehead atoms. The van der Waals surface area contributed by atoms with Crippen LogP contribution in [0.25, 0.3) is 0 Å². The highest BCUT2D eigenvalue weighted by Crippen LogP contribution is 2.19. The van der Waals surface area contributed by atoms with Crippen molar-refractivity contribution < 1.29 is 9.53 Å². The molecular weight excluding hydrogens is 216 g/mol. The first-order valence-electron chi connectivity index (χ1n) is 5.93. The molecular formula is C13H18N2O2. The molecule has 1 saturated carbocycles. The summed E-state index contributed by atoms with van der Waals surface area (Å²) in [4.78, 5) is 11.4. The molecule has 0 saturated heterocycles. The lowest BCUT2D eigenvalue weighted by Gasteiger charge is -2.10. The molecule has 0 spiro atoms. The topological polar surface area (TPSA) is 64.3 Å². The SMILES string of the molecule is C[C@@H](N)c1cccc(OCC(=O)NC2CC2)c1. The van der Waals surface area contributed by atoms with Crippen molar-refractivity contribution in [1.29, 1.82) is 0 Å². The Morgan fingerprint density at radius 1 is 1.59 bits per heavy atom. The molecule has 1 amide bonds. The normalized spacial score (nSPS) is 16.4. The predicted molar refractivity (Wildman–Crippen MR) is 65.7 cm³/mol. The summed E-state index contributed by atoms with van der Waals surface area (Å²) in [6.07, 6.45) is 2.18. The second-order valence-corrected chi connectivity index (χ2v) is 4.49. The molecule has 92 valence electrons. The highest BCUT2D eigenvalue weighted by Gasteiger charge is 2.23. The molecule has 1 aromatic rings. The predicted octanol–water partition coefficient (Wildman–Crippen LogP) is 1.36. The van der Waals surface area contributed by atoms with Crippen LogP contribution < -0.4 is 15.8 Å². The van der Waals surface area contributed by atoms with E-state index in [0.717, 1.165) is 18.4 Å². The summed E-state index contributed by atoms with van der Waals surface area (Å²) in [5, 5.41) is 2.87. The molecule has 0 aliphatic heterocycles. The Kier molecular flexibility index (Phi) is 3.64. The monoisotopic (exact) mass is 234 g/mol.